The Hall–Kier alpha value is -3.78. The molecular formula is C30H28N2. The van der Waals surface area contributed by atoms with E-state index in [1.165, 1.54) is 22.3 Å². The second-order valence-corrected chi connectivity index (χ2v) is 8.05. The third-order valence-corrected chi connectivity index (χ3v) is 5.62. The van der Waals surface area contributed by atoms with Crippen molar-refractivity contribution in [3.63, 3.8) is 0 Å². The van der Waals surface area contributed by atoms with E-state index in [0.29, 0.717) is 0 Å². The van der Waals surface area contributed by atoms with Crippen LogP contribution in [0.2, 0.25) is 0 Å². The highest BCUT2D eigenvalue weighted by Crippen LogP contribution is 2.38. The summed E-state index contributed by atoms with van der Waals surface area (Å²) in [6, 6.07) is 37.9. The fourth-order valence-corrected chi connectivity index (χ4v) is 3.89. The van der Waals surface area contributed by atoms with Gasteiger partial charge in [0.05, 0.1) is 22.8 Å². The molecule has 2 nitrogen and oxygen atoms in total. The molecule has 0 N–H and O–H groups in total. The number of aliphatic imine (C=N–C) groups is 2. The summed E-state index contributed by atoms with van der Waals surface area (Å²) in [5.41, 5.74) is 8.69. The molecule has 0 atom stereocenters. The van der Waals surface area contributed by atoms with Crippen LogP contribution in [-0.4, -0.2) is 11.4 Å². The second kappa shape index (κ2) is 10.0. The van der Waals surface area contributed by atoms with Crippen LogP contribution in [0.25, 0.3) is 0 Å². The van der Waals surface area contributed by atoms with Crippen LogP contribution in [0.3, 0.4) is 0 Å². The van der Waals surface area contributed by atoms with Gasteiger partial charge >= 0.3 is 0 Å². The molecule has 158 valence electrons. The lowest BCUT2D eigenvalue weighted by Crippen LogP contribution is -2.07. The van der Waals surface area contributed by atoms with Gasteiger partial charge in [0.25, 0.3) is 0 Å². The van der Waals surface area contributed by atoms with Gasteiger partial charge in [-0.15, -0.1) is 0 Å². The first-order valence-electron chi connectivity index (χ1n) is 11.0. The average Bonchev–Trinajstić information content (AvgIpc) is 2.83. The minimum atomic E-state index is 0.107. The van der Waals surface area contributed by atoms with Crippen LogP contribution < -0.4 is 0 Å². The first-order chi connectivity index (χ1) is 15.6. The standard InChI is InChI=1S/C30H28N2/c1-22-19-20-29(32-24(3)23(2)31-27-17-11-6-12-18-27)28(21-22)30(25-13-7-4-8-14-25)26-15-9-5-10-16-26/h4-21,30H,1-3H3. The molecule has 0 heterocycles. The molecule has 0 aliphatic carbocycles. The number of hydrogen-bond acceptors (Lipinski definition) is 2. The maximum Gasteiger partial charge on any atom is 0.0675 e. The van der Waals surface area contributed by atoms with Crippen molar-refractivity contribution in [3.8, 4) is 0 Å². The summed E-state index contributed by atoms with van der Waals surface area (Å²) in [4.78, 5) is 9.80. The van der Waals surface area contributed by atoms with Gasteiger partial charge in [0.2, 0.25) is 0 Å². The third-order valence-electron chi connectivity index (χ3n) is 5.62. The molecule has 0 aromatic heterocycles. The Morgan fingerprint density at radius 2 is 1.09 bits per heavy atom. The van der Waals surface area contributed by atoms with E-state index < -0.39 is 0 Å². The zero-order valence-corrected chi connectivity index (χ0v) is 18.9. The Morgan fingerprint density at radius 3 is 1.66 bits per heavy atom. The van der Waals surface area contributed by atoms with Crippen LogP contribution in [0, 0.1) is 6.92 Å². The highest BCUT2D eigenvalue weighted by Gasteiger charge is 2.20. The molecule has 0 fully saturated rings. The van der Waals surface area contributed by atoms with Crippen molar-refractivity contribution in [3.05, 3.63) is 131 Å². The fraction of sp³-hybridized carbons (Fsp3) is 0.133. The lowest BCUT2D eigenvalue weighted by atomic mass is 9.83. The van der Waals surface area contributed by atoms with Gasteiger partial charge in [-0.3, -0.25) is 9.98 Å². The fourth-order valence-electron chi connectivity index (χ4n) is 3.89. The molecule has 0 spiro atoms. The van der Waals surface area contributed by atoms with Crippen molar-refractivity contribution in [2.75, 3.05) is 0 Å². The lowest BCUT2D eigenvalue weighted by Gasteiger charge is -2.21. The number of benzene rings is 4. The molecule has 0 saturated carbocycles. The van der Waals surface area contributed by atoms with Crippen molar-refractivity contribution < 1.29 is 0 Å². The van der Waals surface area contributed by atoms with Crippen LogP contribution >= 0.6 is 0 Å². The smallest absolute Gasteiger partial charge is 0.0675 e. The van der Waals surface area contributed by atoms with Crippen LogP contribution in [0.5, 0.6) is 0 Å². The maximum absolute atomic E-state index is 5.05. The summed E-state index contributed by atoms with van der Waals surface area (Å²) in [6.07, 6.45) is 0. The minimum absolute atomic E-state index is 0.107. The Labute approximate surface area is 191 Å². The van der Waals surface area contributed by atoms with Crippen molar-refractivity contribution in [2.24, 2.45) is 9.98 Å². The molecule has 0 aliphatic rings. The quantitative estimate of drug-likeness (QED) is 0.224. The van der Waals surface area contributed by atoms with Crippen LogP contribution in [-0.2, 0) is 0 Å². The molecule has 4 rings (SSSR count). The van der Waals surface area contributed by atoms with Crippen molar-refractivity contribution in [2.45, 2.75) is 26.7 Å². The van der Waals surface area contributed by atoms with E-state index in [4.69, 9.17) is 9.98 Å². The molecule has 0 aliphatic heterocycles. The Kier molecular flexibility index (Phi) is 6.72. The van der Waals surface area contributed by atoms with E-state index in [-0.39, 0.29) is 5.92 Å². The van der Waals surface area contributed by atoms with Crippen molar-refractivity contribution in [1.82, 2.24) is 0 Å². The number of rotatable bonds is 6. The SMILES string of the molecule is CC(=Nc1ccccc1)C(C)=Nc1ccc(C)cc1C(c1ccccc1)c1ccccc1. The highest BCUT2D eigenvalue weighted by atomic mass is 14.8. The molecule has 4 aromatic carbocycles. The molecule has 32 heavy (non-hydrogen) atoms. The van der Waals surface area contributed by atoms with Gasteiger partial charge in [-0.2, -0.15) is 0 Å². The monoisotopic (exact) mass is 416 g/mol. The highest BCUT2D eigenvalue weighted by molar-refractivity contribution is 6.41. The number of aryl methyl sites for hydroxylation is 1. The normalized spacial score (nSPS) is 12.2. The average molecular weight is 417 g/mol. The predicted octanol–water partition coefficient (Wildman–Crippen LogP) is 8.06. The minimum Gasteiger partial charge on any atom is -0.252 e. The summed E-state index contributed by atoms with van der Waals surface area (Å²) < 4.78 is 0. The molecule has 0 radical (unpaired) electrons. The number of para-hydroxylation sites is 1. The van der Waals surface area contributed by atoms with Gasteiger partial charge < -0.3 is 0 Å². The summed E-state index contributed by atoms with van der Waals surface area (Å²) in [5, 5.41) is 0. The van der Waals surface area contributed by atoms with E-state index in [1.54, 1.807) is 0 Å². The Morgan fingerprint density at radius 1 is 0.594 bits per heavy atom. The predicted molar refractivity (Wildman–Crippen MR) is 137 cm³/mol. The first-order valence-corrected chi connectivity index (χ1v) is 11.0. The molecule has 2 heteroatoms. The van der Waals surface area contributed by atoms with Gasteiger partial charge in [0.1, 0.15) is 0 Å². The molecular weight excluding hydrogens is 388 g/mol. The van der Waals surface area contributed by atoms with Crippen molar-refractivity contribution >= 4 is 22.8 Å². The Bertz CT molecular complexity index is 1180. The van der Waals surface area contributed by atoms with Crippen LogP contribution in [0.1, 0.15) is 42.0 Å². The molecule has 0 saturated heterocycles. The number of nitrogens with zero attached hydrogens (tertiary/aromatic N) is 2. The first kappa shape index (κ1) is 21.5. The number of hydrogen-bond donors (Lipinski definition) is 0. The van der Waals surface area contributed by atoms with Gasteiger partial charge in [-0.25, -0.2) is 0 Å². The van der Waals surface area contributed by atoms with Crippen molar-refractivity contribution in [1.29, 1.82) is 0 Å². The molecule has 0 amide bonds. The molecule has 4 aromatic rings. The van der Waals surface area contributed by atoms with Gasteiger partial charge in [0.15, 0.2) is 0 Å². The summed E-state index contributed by atoms with van der Waals surface area (Å²) in [5.74, 6) is 0.107. The third kappa shape index (κ3) is 5.09. The van der Waals surface area contributed by atoms with E-state index in [0.717, 1.165) is 22.8 Å². The summed E-state index contributed by atoms with van der Waals surface area (Å²) in [6.45, 7) is 6.19. The van der Waals surface area contributed by atoms with Gasteiger partial charge in [-0.1, -0.05) is 96.6 Å². The van der Waals surface area contributed by atoms with E-state index in [1.807, 2.05) is 44.2 Å². The molecule has 0 unspecified atom stereocenters. The van der Waals surface area contributed by atoms with E-state index in [2.05, 4.69) is 85.8 Å². The lowest BCUT2D eigenvalue weighted by molar-refractivity contribution is 0.973. The van der Waals surface area contributed by atoms with E-state index in [9.17, 15) is 0 Å². The summed E-state index contributed by atoms with van der Waals surface area (Å²) >= 11 is 0. The Balaban J connectivity index is 1.82. The van der Waals surface area contributed by atoms with Gasteiger partial charge in [-0.05, 0) is 55.7 Å². The van der Waals surface area contributed by atoms with E-state index >= 15 is 0 Å². The maximum atomic E-state index is 5.05. The summed E-state index contributed by atoms with van der Waals surface area (Å²) in [7, 11) is 0. The van der Waals surface area contributed by atoms with Crippen LogP contribution in [0.4, 0.5) is 11.4 Å². The van der Waals surface area contributed by atoms with Crippen LogP contribution in [0.15, 0.2) is 119 Å². The largest absolute Gasteiger partial charge is 0.252 e. The van der Waals surface area contributed by atoms with Gasteiger partial charge in [0, 0.05) is 5.92 Å². The molecule has 0 bridgehead atoms. The second-order valence-electron chi connectivity index (χ2n) is 8.05. The zero-order chi connectivity index (χ0) is 22.3. The topological polar surface area (TPSA) is 24.7 Å². The zero-order valence-electron chi connectivity index (χ0n) is 18.9.